The van der Waals surface area contributed by atoms with E-state index in [1.807, 2.05) is 26.2 Å². The van der Waals surface area contributed by atoms with Crippen molar-refractivity contribution in [2.75, 3.05) is 19.0 Å². The Bertz CT molecular complexity index is 583. The molecular weight excluding hydrogens is 218 g/mol. The highest BCUT2D eigenvalue weighted by Crippen LogP contribution is 2.12. The van der Waals surface area contributed by atoms with Crippen LogP contribution < -0.4 is 4.90 Å². The molecular formula is C17H17N. The monoisotopic (exact) mass is 235 g/mol. The average Bonchev–Trinajstić information content (AvgIpc) is 2.38. The van der Waals surface area contributed by atoms with Crippen LogP contribution in [-0.2, 0) is 0 Å². The van der Waals surface area contributed by atoms with E-state index >= 15 is 0 Å². The SMILES string of the molecule is Cc1ccccc1C#Cc1ccc(N(C)C)cc1. The number of nitrogens with zero attached hydrogens (tertiary/aromatic N) is 1. The van der Waals surface area contributed by atoms with Gasteiger partial charge in [-0.1, -0.05) is 30.0 Å². The first-order valence-corrected chi connectivity index (χ1v) is 6.02. The van der Waals surface area contributed by atoms with Crippen molar-refractivity contribution in [2.45, 2.75) is 6.92 Å². The van der Waals surface area contributed by atoms with Gasteiger partial charge in [-0.05, 0) is 42.8 Å². The van der Waals surface area contributed by atoms with Gasteiger partial charge >= 0.3 is 0 Å². The van der Waals surface area contributed by atoms with Crippen LogP contribution in [0.5, 0.6) is 0 Å². The molecule has 1 heteroatoms. The van der Waals surface area contributed by atoms with Crippen LogP contribution in [0.4, 0.5) is 5.69 Å². The summed E-state index contributed by atoms with van der Waals surface area (Å²) in [6.07, 6.45) is 0. The number of hydrogen-bond acceptors (Lipinski definition) is 1. The second-order valence-electron chi connectivity index (χ2n) is 4.51. The van der Waals surface area contributed by atoms with Crippen LogP contribution in [0.15, 0.2) is 48.5 Å². The van der Waals surface area contributed by atoms with Crippen LogP contribution in [0.2, 0.25) is 0 Å². The van der Waals surface area contributed by atoms with Crippen LogP contribution >= 0.6 is 0 Å². The van der Waals surface area contributed by atoms with Crippen molar-refractivity contribution < 1.29 is 0 Å². The minimum absolute atomic E-state index is 1.05. The molecule has 90 valence electrons. The number of hydrogen-bond donors (Lipinski definition) is 0. The maximum Gasteiger partial charge on any atom is 0.0361 e. The lowest BCUT2D eigenvalue weighted by Crippen LogP contribution is -2.07. The molecule has 0 radical (unpaired) electrons. The zero-order valence-electron chi connectivity index (χ0n) is 11.1. The lowest BCUT2D eigenvalue weighted by Gasteiger charge is -2.11. The maximum absolute atomic E-state index is 3.21. The molecule has 2 aromatic rings. The molecule has 0 bridgehead atoms. The summed E-state index contributed by atoms with van der Waals surface area (Å²) in [6, 6.07) is 16.5. The number of aryl methyl sites for hydroxylation is 1. The maximum atomic E-state index is 3.21. The second-order valence-corrected chi connectivity index (χ2v) is 4.51. The Morgan fingerprint density at radius 2 is 1.50 bits per heavy atom. The second kappa shape index (κ2) is 5.42. The van der Waals surface area contributed by atoms with Crippen molar-refractivity contribution in [3.8, 4) is 11.8 Å². The summed E-state index contributed by atoms with van der Waals surface area (Å²) in [5.41, 5.74) is 4.55. The Balaban J connectivity index is 2.23. The Labute approximate surface area is 109 Å². The molecule has 0 aromatic heterocycles. The van der Waals surface area contributed by atoms with Gasteiger partial charge in [0.15, 0.2) is 0 Å². The Kier molecular flexibility index (Phi) is 3.69. The largest absolute Gasteiger partial charge is 0.378 e. The molecule has 0 amide bonds. The van der Waals surface area contributed by atoms with Gasteiger partial charge in [-0.15, -0.1) is 0 Å². The number of rotatable bonds is 1. The molecule has 0 N–H and O–H groups in total. The Morgan fingerprint density at radius 1 is 0.833 bits per heavy atom. The third-order valence-corrected chi connectivity index (χ3v) is 2.87. The normalized spacial score (nSPS) is 9.50. The van der Waals surface area contributed by atoms with Crippen molar-refractivity contribution >= 4 is 5.69 Å². The molecule has 0 aliphatic heterocycles. The summed E-state index contributed by atoms with van der Waals surface area (Å²) in [5, 5.41) is 0. The van der Waals surface area contributed by atoms with Crippen molar-refractivity contribution in [1.29, 1.82) is 0 Å². The molecule has 1 nitrogen and oxygen atoms in total. The highest BCUT2D eigenvalue weighted by atomic mass is 15.1. The Morgan fingerprint density at radius 3 is 2.11 bits per heavy atom. The first-order valence-electron chi connectivity index (χ1n) is 6.02. The van der Waals surface area contributed by atoms with Gasteiger partial charge in [-0.25, -0.2) is 0 Å². The minimum Gasteiger partial charge on any atom is -0.378 e. The molecule has 2 aromatic carbocycles. The quantitative estimate of drug-likeness (QED) is 0.684. The van der Waals surface area contributed by atoms with E-state index < -0.39 is 0 Å². The van der Waals surface area contributed by atoms with E-state index in [2.05, 4.69) is 60.1 Å². The lowest BCUT2D eigenvalue weighted by molar-refractivity contribution is 1.13. The third-order valence-electron chi connectivity index (χ3n) is 2.87. The molecule has 0 aliphatic carbocycles. The first kappa shape index (κ1) is 12.3. The summed E-state index contributed by atoms with van der Waals surface area (Å²) in [7, 11) is 4.07. The van der Waals surface area contributed by atoms with Crippen LogP contribution in [0, 0.1) is 18.8 Å². The third kappa shape index (κ3) is 2.93. The average molecular weight is 235 g/mol. The van der Waals surface area contributed by atoms with E-state index in [0.29, 0.717) is 0 Å². The van der Waals surface area contributed by atoms with E-state index in [-0.39, 0.29) is 0 Å². The number of anilines is 1. The summed E-state index contributed by atoms with van der Waals surface area (Å²) >= 11 is 0. The van der Waals surface area contributed by atoms with Gasteiger partial charge in [-0.3, -0.25) is 0 Å². The molecule has 0 fully saturated rings. The van der Waals surface area contributed by atoms with E-state index in [4.69, 9.17) is 0 Å². The van der Waals surface area contributed by atoms with Gasteiger partial charge in [0.25, 0.3) is 0 Å². The van der Waals surface area contributed by atoms with Gasteiger partial charge < -0.3 is 4.90 Å². The van der Waals surface area contributed by atoms with E-state index in [0.717, 1.165) is 11.1 Å². The molecule has 18 heavy (non-hydrogen) atoms. The molecule has 0 heterocycles. The molecule has 0 saturated heterocycles. The minimum atomic E-state index is 1.05. The molecule has 0 spiro atoms. The fraction of sp³-hybridized carbons (Fsp3) is 0.176. The Hall–Kier alpha value is -2.20. The molecule has 0 atom stereocenters. The smallest absolute Gasteiger partial charge is 0.0361 e. The lowest BCUT2D eigenvalue weighted by atomic mass is 10.1. The zero-order valence-corrected chi connectivity index (χ0v) is 11.1. The van der Waals surface area contributed by atoms with Crippen LogP contribution in [-0.4, -0.2) is 14.1 Å². The highest BCUT2D eigenvalue weighted by molar-refractivity contribution is 5.51. The van der Waals surface area contributed by atoms with Gasteiger partial charge in [0.2, 0.25) is 0 Å². The fourth-order valence-electron chi connectivity index (χ4n) is 1.70. The highest BCUT2D eigenvalue weighted by Gasteiger charge is 1.94. The van der Waals surface area contributed by atoms with Gasteiger partial charge in [0.05, 0.1) is 0 Å². The summed E-state index contributed by atoms with van der Waals surface area (Å²) in [6.45, 7) is 2.08. The first-order chi connectivity index (χ1) is 8.66. The topological polar surface area (TPSA) is 3.24 Å². The summed E-state index contributed by atoms with van der Waals surface area (Å²) in [4.78, 5) is 2.08. The van der Waals surface area contributed by atoms with Gasteiger partial charge in [-0.2, -0.15) is 0 Å². The zero-order chi connectivity index (χ0) is 13.0. The predicted molar refractivity (Wildman–Crippen MR) is 77.9 cm³/mol. The van der Waals surface area contributed by atoms with Crippen LogP contribution in [0.1, 0.15) is 16.7 Å². The van der Waals surface area contributed by atoms with Gasteiger partial charge in [0.1, 0.15) is 0 Å². The van der Waals surface area contributed by atoms with Crippen LogP contribution in [0.25, 0.3) is 0 Å². The predicted octanol–water partition coefficient (Wildman–Crippen LogP) is 3.46. The van der Waals surface area contributed by atoms with Crippen molar-refractivity contribution in [1.82, 2.24) is 0 Å². The van der Waals surface area contributed by atoms with E-state index in [1.54, 1.807) is 0 Å². The van der Waals surface area contributed by atoms with E-state index in [1.165, 1.54) is 11.3 Å². The standard InChI is InChI=1S/C17H17N/c1-14-6-4-5-7-16(14)11-8-15-9-12-17(13-10-15)18(2)3/h4-7,9-10,12-13H,1-3H3. The molecule has 0 aliphatic rings. The summed E-state index contributed by atoms with van der Waals surface area (Å²) < 4.78 is 0. The van der Waals surface area contributed by atoms with Gasteiger partial charge in [0, 0.05) is 30.9 Å². The molecule has 2 rings (SSSR count). The fourth-order valence-corrected chi connectivity index (χ4v) is 1.70. The molecule has 0 unspecified atom stereocenters. The van der Waals surface area contributed by atoms with Crippen molar-refractivity contribution in [2.24, 2.45) is 0 Å². The molecule has 0 saturated carbocycles. The van der Waals surface area contributed by atoms with Crippen molar-refractivity contribution in [3.63, 3.8) is 0 Å². The number of benzene rings is 2. The van der Waals surface area contributed by atoms with Crippen molar-refractivity contribution in [3.05, 3.63) is 65.2 Å². The summed E-state index contributed by atoms with van der Waals surface area (Å²) in [5.74, 6) is 6.41. The van der Waals surface area contributed by atoms with Crippen LogP contribution in [0.3, 0.4) is 0 Å². The van der Waals surface area contributed by atoms with E-state index in [9.17, 15) is 0 Å².